The van der Waals surface area contributed by atoms with Crippen LogP contribution in [-0.2, 0) is 6.54 Å². The van der Waals surface area contributed by atoms with Crippen LogP contribution in [0.1, 0.15) is 15.9 Å². The highest BCUT2D eigenvalue weighted by Gasteiger charge is 2.23. The van der Waals surface area contributed by atoms with Crippen LogP contribution in [0, 0.1) is 5.82 Å². The molecule has 0 saturated heterocycles. The molecule has 0 saturated carbocycles. The van der Waals surface area contributed by atoms with E-state index < -0.39 is 0 Å². The lowest BCUT2D eigenvalue weighted by Crippen LogP contribution is -2.26. The van der Waals surface area contributed by atoms with Gasteiger partial charge in [0.1, 0.15) is 5.82 Å². The lowest BCUT2D eigenvalue weighted by Gasteiger charge is -2.20. The van der Waals surface area contributed by atoms with E-state index in [0.717, 1.165) is 5.56 Å². The van der Waals surface area contributed by atoms with Crippen LogP contribution in [0.5, 0.6) is 17.2 Å². The summed E-state index contributed by atoms with van der Waals surface area (Å²) in [6.07, 6.45) is 0. The fourth-order valence-electron chi connectivity index (χ4n) is 2.41. The Balaban J connectivity index is 2.29. The van der Waals surface area contributed by atoms with Crippen LogP contribution >= 0.6 is 0 Å². The Hall–Kier alpha value is -2.76. The van der Waals surface area contributed by atoms with Gasteiger partial charge in [0.05, 0.1) is 26.9 Å². The summed E-state index contributed by atoms with van der Waals surface area (Å²) >= 11 is 0. The fourth-order valence-corrected chi connectivity index (χ4v) is 2.41. The summed E-state index contributed by atoms with van der Waals surface area (Å²) in [5, 5.41) is 0. The Morgan fingerprint density at radius 2 is 1.58 bits per heavy atom. The average molecular weight is 333 g/mol. The first-order valence-corrected chi connectivity index (χ1v) is 7.30. The van der Waals surface area contributed by atoms with Crippen molar-refractivity contribution in [3.05, 3.63) is 53.3 Å². The van der Waals surface area contributed by atoms with Gasteiger partial charge in [-0.15, -0.1) is 0 Å². The number of amides is 1. The largest absolute Gasteiger partial charge is 0.493 e. The van der Waals surface area contributed by atoms with Crippen molar-refractivity contribution in [3.8, 4) is 17.2 Å². The van der Waals surface area contributed by atoms with Gasteiger partial charge in [-0.2, -0.15) is 0 Å². The third kappa shape index (κ3) is 3.59. The molecule has 0 N–H and O–H groups in total. The standard InChI is InChI=1S/C18H20FNO4/c1-20(11-12-5-7-13(19)8-6-12)18(21)14-9-10-15(22-2)17(24-4)16(14)23-3/h5-10H,11H2,1-4H3. The van der Waals surface area contributed by atoms with Gasteiger partial charge in [0.15, 0.2) is 11.5 Å². The second-order valence-corrected chi connectivity index (χ2v) is 5.17. The van der Waals surface area contributed by atoms with Crippen molar-refractivity contribution in [2.45, 2.75) is 6.54 Å². The maximum Gasteiger partial charge on any atom is 0.257 e. The van der Waals surface area contributed by atoms with Crippen molar-refractivity contribution < 1.29 is 23.4 Å². The molecule has 6 heteroatoms. The third-order valence-electron chi connectivity index (χ3n) is 3.61. The van der Waals surface area contributed by atoms with Crippen molar-refractivity contribution in [1.29, 1.82) is 0 Å². The molecule has 0 fully saturated rings. The normalized spacial score (nSPS) is 10.2. The van der Waals surface area contributed by atoms with Crippen LogP contribution in [-0.4, -0.2) is 39.2 Å². The molecule has 0 aliphatic heterocycles. The number of halogens is 1. The summed E-state index contributed by atoms with van der Waals surface area (Å²) in [5.41, 5.74) is 1.19. The lowest BCUT2D eigenvalue weighted by molar-refractivity contribution is 0.0781. The highest BCUT2D eigenvalue weighted by atomic mass is 19.1. The molecule has 0 aromatic heterocycles. The number of benzene rings is 2. The smallest absolute Gasteiger partial charge is 0.257 e. The van der Waals surface area contributed by atoms with Crippen LogP contribution in [0.4, 0.5) is 4.39 Å². The van der Waals surface area contributed by atoms with E-state index in [0.29, 0.717) is 29.4 Å². The minimum absolute atomic E-state index is 0.239. The Morgan fingerprint density at radius 3 is 2.12 bits per heavy atom. The molecule has 0 spiro atoms. The summed E-state index contributed by atoms with van der Waals surface area (Å²) in [6.45, 7) is 0.344. The molecule has 0 aliphatic rings. The molecule has 128 valence electrons. The van der Waals surface area contributed by atoms with E-state index in [4.69, 9.17) is 14.2 Å². The Morgan fingerprint density at radius 1 is 0.958 bits per heavy atom. The molecule has 24 heavy (non-hydrogen) atoms. The number of rotatable bonds is 6. The molecule has 5 nitrogen and oxygen atoms in total. The summed E-state index contributed by atoms with van der Waals surface area (Å²) in [7, 11) is 6.13. The first kappa shape index (κ1) is 17.6. The Bertz CT molecular complexity index is 716. The van der Waals surface area contributed by atoms with Gasteiger partial charge in [-0.05, 0) is 29.8 Å². The maximum absolute atomic E-state index is 13.0. The highest BCUT2D eigenvalue weighted by molar-refractivity contribution is 5.98. The van der Waals surface area contributed by atoms with Gasteiger partial charge in [-0.1, -0.05) is 12.1 Å². The topological polar surface area (TPSA) is 48.0 Å². The van der Waals surface area contributed by atoms with Gasteiger partial charge in [0, 0.05) is 13.6 Å². The van der Waals surface area contributed by atoms with Crippen molar-refractivity contribution in [2.24, 2.45) is 0 Å². The Labute approximate surface area is 140 Å². The summed E-state index contributed by atoms with van der Waals surface area (Å²) < 4.78 is 28.8. The van der Waals surface area contributed by atoms with Crippen LogP contribution in [0.15, 0.2) is 36.4 Å². The monoisotopic (exact) mass is 333 g/mol. The fraction of sp³-hybridized carbons (Fsp3) is 0.278. The number of methoxy groups -OCH3 is 3. The quantitative estimate of drug-likeness (QED) is 0.815. The molecule has 0 atom stereocenters. The molecule has 0 unspecified atom stereocenters. The van der Waals surface area contributed by atoms with Gasteiger partial charge in [0.25, 0.3) is 5.91 Å². The van der Waals surface area contributed by atoms with Crippen molar-refractivity contribution >= 4 is 5.91 Å². The van der Waals surface area contributed by atoms with E-state index in [1.807, 2.05) is 0 Å². The van der Waals surface area contributed by atoms with Gasteiger partial charge >= 0.3 is 0 Å². The first-order chi connectivity index (χ1) is 11.5. The highest BCUT2D eigenvalue weighted by Crippen LogP contribution is 2.40. The zero-order valence-corrected chi connectivity index (χ0v) is 14.1. The van der Waals surface area contributed by atoms with Gasteiger partial charge < -0.3 is 19.1 Å². The molecule has 0 aliphatic carbocycles. The third-order valence-corrected chi connectivity index (χ3v) is 3.61. The van der Waals surface area contributed by atoms with Gasteiger partial charge in [-0.3, -0.25) is 4.79 Å². The zero-order valence-electron chi connectivity index (χ0n) is 14.1. The molecule has 1 amide bonds. The van der Waals surface area contributed by atoms with E-state index in [1.165, 1.54) is 38.4 Å². The van der Waals surface area contributed by atoms with Gasteiger partial charge in [-0.25, -0.2) is 4.39 Å². The second-order valence-electron chi connectivity index (χ2n) is 5.17. The minimum Gasteiger partial charge on any atom is -0.493 e. The Kier molecular flexibility index (Phi) is 5.63. The molecule has 0 radical (unpaired) electrons. The lowest BCUT2D eigenvalue weighted by atomic mass is 10.1. The summed E-state index contributed by atoms with van der Waals surface area (Å²) in [4.78, 5) is 14.3. The predicted octanol–water partition coefficient (Wildman–Crippen LogP) is 3.12. The number of nitrogens with zero attached hydrogens (tertiary/aromatic N) is 1. The van der Waals surface area contributed by atoms with Crippen LogP contribution in [0.2, 0.25) is 0 Å². The number of carbonyl (C=O) groups excluding carboxylic acids is 1. The first-order valence-electron chi connectivity index (χ1n) is 7.30. The van der Waals surface area contributed by atoms with Crippen molar-refractivity contribution in [2.75, 3.05) is 28.4 Å². The molecule has 2 rings (SSSR count). The SMILES string of the molecule is COc1ccc(C(=O)N(C)Cc2ccc(F)cc2)c(OC)c1OC. The zero-order chi connectivity index (χ0) is 17.7. The average Bonchev–Trinajstić information content (AvgIpc) is 2.61. The molecule has 0 heterocycles. The van der Waals surface area contributed by atoms with E-state index >= 15 is 0 Å². The minimum atomic E-state index is -0.311. The van der Waals surface area contributed by atoms with E-state index in [2.05, 4.69) is 0 Å². The number of hydrogen-bond acceptors (Lipinski definition) is 4. The van der Waals surface area contributed by atoms with Crippen molar-refractivity contribution in [1.82, 2.24) is 4.90 Å². The number of ether oxygens (including phenoxy) is 3. The van der Waals surface area contributed by atoms with Gasteiger partial charge in [0.2, 0.25) is 5.75 Å². The van der Waals surface area contributed by atoms with Crippen LogP contribution < -0.4 is 14.2 Å². The predicted molar refractivity (Wildman–Crippen MR) is 88.3 cm³/mol. The summed E-state index contributed by atoms with van der Waals surface area (Å²) in [6, 6.07) is 9.30. The number of carbonyl (C=O) groups is 1. The maximum atomic E-state index is 13.0. The summed E-state index contributed by atoms with van der Waals surface area (Å²) in [5.74, 6) is 0.604. The van der Waals surface area contributed by atoms with E-state index in [-0.39, 0.29) is 11.7 Å². The van der Waals surface area contributed by atoms with Crippen LogP contribution in [0.3, 0.4) is 0 Å². The molecule has 2 aromatic rings. The second kappa shape index (κ2) is 7.68. The molecular formula is C18H20FNO4. The van der Waals surface area contributed by atoms with E-state index in [9.17, 15) is 9.18 Å². The molecule has 2 aromatic carbocycles. The molecular weight excluding hydrogens is 313 g/mol. The van der Waals surface area contributed by atoms with E-state index in [1.54, 1.807) is 31.3 Å². The van der Waals surface area contributed by atoms with Crippen molar-refractivity contribution in [3.63, 3.8) is 0 Å². The van der Waals surface area contributed by atoms with Crippen LogP contribution in [0.25, 0.3) is 0 Å². The molecule has 0 bridgehead atoms. The number of hydrogen-bond donors (Lipinski definition) is 0.